The van der Waals surface area contributed by atoms with Gasteiger partial charge in [-0.3, -0.25) is 4.79 Å². The Bertz CT molecular complexity index is 574. The number of carbonyl (C=O) groups excluding carboxylic acids is 2. The molecule has 0 saturated heterocycles. The smallest absolute Gasteiger partial charge is 0.343 e. The number of hydrogen-bond donors (Lipinski definition) is 0. The number of carbonyl (C=O) groups is 2. The first kappa shape index (κ1) is 12.0. The third-order valence-corrected chi connectivity index (χ3v) is 2.55. The molecule has 2 rings (SSSR count). The van der Waals surface area contributed by atoms with Crippen molar-refractivity contribution in [3.8, 4) is 5.75 Å². The Kier molecular flexibility index (Phi) is 3.53. The minimum absolute atomic E-state index is 0.405. The predicted octanol–water partition coefficient (Wildman–Crippen LogP) is 3.03. The first-order chi connectivity index (χ1) is 8.70. The molecule has 0 amide bonds. The van der Waals surface area contributed by atoms with E-state index in [2.05, 4.69) is 0 Å². The van der Waals surface area contributed by atoms with E-state index in [0.29, 0.717) is 16.9 Å². The minimum atomic E-state index is -0.405. The molecule has 0 N–H and O–H groups in total. The average Bonchev–Trinajstić information content (AvgIpc) is 2.42. The highest BCUT2D eigenvalue weighted by Gasteiger charge is 2.09. The maximum absolute atomic E-state index is 11.8. The first-order valence-corrected chi connectivity index (χ1v) is 5.54. The third kappa shape index (κ3) is 2.63. The Morgan fingerprint density at radius 1 is 1.11 bits per heavy atom. The molecule has 18 heavy (non-hydrogen) atoms. The van der Waals surface area contributed by atoms with Crippen LogP contribution in [0.5, 0.6) is 5.75 Å². The van der Waals surface area contributed by atoms with E-state index in [0.717, 1.165) is 11.8 Å². The normalized spacial score (nSPS) is 9.83. The van der Waals surface area contributed by atoms with Crippen molar-refractivity contribution in [2.24, 2.45) is 0 Å². The van der Waals surface area contributed by atoms with Gasteiger partial charge in [0, 0.05) is 5.56 Å². The van der Waals surface area contributed by atoms with Gasteiger partial charge in [-0.05, 0) is 42.8 Å². The third-order valence-electron chi connectivity index (χ3n) is 2.55. The van der Waals surface area contributed by atoms with Crippen molar-refractivity contribution in [1.82, 2.24) is 0 Å². The molecule has 3 heteroatoms. The molecule has 0 unspecified atom stereocenters. The van der Waals surface area contributed by atoms with Gasteiger partial charge in [0.1, 0.15) is 12.0 Å². The monoisotopic (exact) mass is 240 g/mol. The van der Waals surface area contributed by atoms with Crippen LogP contribution in [0.3, 0.4) is 0 Å². The Hall–Kier alpha value is -2.42. The highest BCUT2D eigenvalue weighted by atomic mass is 16.5. The van der Waals surface area contributed by atoms with Gasteiger partial charge in [0.2, 0.25) is 0 Å². The lowest BCUT2D eigenvalue weighted by molar-refractivity contribution is 0.0733. The molecule has 0 radical (unpaired) electrons. The van der Waals surface area contributed by atoms with E-state index in [1.54, 1.807) is 49.4 Å². The Morgan fingerprint density at radius 2 is 1.83 bits per heavy atom. The van der Waals surface area contributed by atoms with Gasteiger partial charge in [0.05, 0.1) is 5.56 Å². The van der Waals surface area contributed by atoms with Crippen molar-refractivity contribution in [2.75, 3.05) is 0 Å². The average molecular weight is 240 g/mol. The van der Waals surface area contributed by atoms with Crippen molar-refractivity contribution >= 4 is 12.3 Å². The quantitative estimate of drug-likeness (QED) is 0.470. The van der Waals surface area contributed by atoms with Crippen LogP contribution in [0.25, 0.3) is 0 Å². The lowest BCUT2D eigenvalue weighted by atomic mass is 10.1. The van der Waals surface area contributed by atoms with E-state index < -0.39 is 5.97 Å². The fraction of sp³-hybridized carbons (Fsp3) is 0.0667. The number of aldehydes is 1. The molecule has 0 spiro atoms. The standard InChI is InChI=1S/C15H12O3/c1-11-9-12(10-16)7-8-14(11)18-15(17)13-5-3-2-4-6-13/h2-10H,1H3. The van der Waals surface area contributed by atoms with Crippen LogP contribution in [-0.2, 0) is 0 Å². The molecule has 0 atom stereocenters. The second-order valence-corrected chi connectivity index (χ2v) is 3.90. The number of esters is 1. The number of benzene rings is 2. The predicted molar refractivity (Wildman–Crippen MR) is 68.0 cm³/mol. The molecular weight excluding hydrogens is 228 g/mol. The maximum Gasteiger partial charge on any atom is 0.343 e. The summed E-state index contributed by atoms with van der Waals surface area (Å²) in [5.74, 6) is 0.0620. The topological polar surface area (TPSA) is 43.4 Å². The second-order valence-electron chi connectivity index (χ2n) is 3.90. The van der Waals surface area contributed by atoms with E-state index >= 15 is 0 Å². The van der Waals surface area contributed by atoms with Crippen LogP contribution in [0.4, 0.5) is 0 Å². The van der Waals surface area contributed by atoms with E-state index in [1.165, 1.54) is 0 Å². The van der Waals surface area contributed by atoms with Crippen LogP contribution >= 0.6 is 0 Å². The summed E-state index contributed by atoms with van der Waals surface area (Å²) >= 11 is 0. The summed E-state index contributed by atoms with van der Waals surface area (Å²) in [5.41, 5.74) is 1.81. The summed E-state index contributed by atoms with van der Waals surface area (Å²) in [6, 6.07) is 13.7. The van der Waals surface area contributed by atoms with Crippen LogP contribution in [0.1, 0.15) is 26.3 Å². The van der Waals surface area contributed by atoms with E-state index in [9.17, 15) is 9.59 Å². The minimum Gasteiger partial charge on any atom is -0.423 e. The van der Waals surface area contributed by atoms with Gasteiger partial charge in [0.25, 0.3) is 0 Å². The molecule has 0 aliphatic carbocycles. The van der Waals surface area contributed by atoms with Crippen LogP contribution < -0.4 is 4.74 Å². The summed E-state index contributed by atoms with van der Waals surface area (Å²) in [5, 5.41) is 0. The van der Waals surface area contributed by atoms with Gasteiger partial charge in [-0.1, -0.05) is 18.2 Å². The SMILES string of the molecule is Cc1cc(C=O)ccc1OC(=O)c1ccccc1. The lowest BCUT2D eigenvalue weighted by Gasteiger charge is -2.07. The molecule has 0 fully saturated rings. The molecule has 2 aromatic carbocycles. The first-order valence-electron chi connectivity index (χ1n) is 5.54. The number of hydrogen-bond acceptors (Lipinski definition) is 3. The summed E-state index contributed by atoms with van der Waals surface area (Å²) in [4.78, 5) is 22.4. The molecule has 90 valence electrons. The van der Waals surface area contributed by atoms with Crippen molar-refractivity contribution in [1.29, 1.82) is 0 Å². The van der Waals surface area contributed by atoms with Gasteiger partial charge in [-0.15, -0.1) is 0 Å². The molecule has 0 bridgehead atoms. The number of aryl methyl sites for hydroxylation is 1. The zero-order chi connectivity index (χ0) is 13.0. The number of ether oxygens (including phenoxy) is 1. The van der Waals surface area contributed by atoms with Crippen molar-refractivity contribution in [3.05, 3.63) is 65.2 Å². The zero-order valence-electron chi connectivity index (χ0n) is 9.92. The number of rotatable bonds is 3. The van der Waals surface area contributed by atoms with Crippen LogP contribution in [-0.4, -0.2) is 12.3 Å². The van der Waals surface area contributed by atoms with Crippen molar-refractivity contribution in [2.45, 2.75) is 6.92 Å². The largest absolute Gasteiger partial charge is 0.423 e. The fourth-order valence-corrected chi connectivity index (χ4v) is 1.59. The molecular formula is C15H12O3. The van der Waals surface area contributed by atoms with Crippen LogP contribution in [0.15, 0.2) is 48.5 Å². The molecule has 0 saturated carbocycles. The molecule has 3 nitrogen and oxygen atoms in total. The highest BCUT2D eigenvalue weighted by molar-refractivity contribution is 5.91. The lowest BCUT2D eigenvalue weighted by Crippen LogP contribution is -2.09. The Morgan fingerprint density at radius 3 is 2.44 bits per heavy atom. The van der Waals surface area contributed by atoms with Crippen LogP contribution in [0.2, 0.25) is 0 Å². The van der Waals surface area contributed by atoms with Crippen LogP contribution in [0, 0.1) is 6.92 Å². The molecule has 0 heterocycles. The van der Waals surface area contributed by atoms with Gasteiger partial charge >= 0.3 is 5.97 Å². The van der Waals surface area contributed by atoms with Crippen molar-refractivity contribution < 1.29 is 14.3 Å². The summed E-state index contributed by atoms with van der Waals surface area (Å²) in [6.07, 6.45) is 0.760. The van der Waals surface area contributed by atoms with Gasteiger partial charge in [-0.25, -0.2) is 4.79 Å². The Labute approximate surface area is 105 Å². The highest BCUT2D eigenvalue weighted by Crippen LogP contribution is 2.19. The Balaban J connectivity index is 2.20. The summed E-state index contributed by atoms with van der Waals surface area (Å²) in [6.45, 7) is 1.79. The van der Waals surface area contributed by atoms with E-state index in [4.69, 9.17) is 4.74 Å². The van der Waals surface area contributed by atoms with Gasteiger partial charge < -0.3 is 4.74 Å². The van der Waals surface area contributed by atoms with E-state index in [-0.39, 0.29) is 0 Å². The van der Waals surface area contributed by atoms with Crippen molar-refractivity contribution in [3.63, 3.8) is 0 Å². The second kappa shape index (κ2) is 5.27. The van der Waals surface area contributed by atoms with Gasteiger partial charge in [-0.2, -0.15) is 0 Å². The summed E-state index contributed by atoms with van der Waals surface area (Å²) < 4.78 is 5.28. The fourth-order valence-electron chi connectivity index (χ4n) is 1.59. The summed E-state index contributed by atoms with van der Waals surface area (Å²) in [7, 11) is 0. The molecule has 0 aliphatic rings. The van der Waals surface area contributed by atoms with Gasteiger partial charge in [0.15, 0.2) is 0 Å². The zero-order valence-corrected chi connectivity index (χ0v) is 9.92. The maximum atomic E-state index is 11.8. The molecule has 2 aromatic rings. The molecule has 0 aromatic heterocycles. The van der Waals surface area contributed by atoms with E-state index in [1.807, 2.05) is 6.07 Å². The molecule has 0 aliphatic heterocycles.